The molecule has 0 amide bonds. The monoisotopic (exact) mass is 223 g/mol. The molecule has 0 unspecified atom stereocenters. The number of hydrogen-bond acceptors (Lipinski definition) is 3. The number of likely N-dealkylation sites (N-methyl/N-ethyl adjacent to an activating group) is 1. The maximum Gasteiger partial charge on any atom is 0.122 e. The van der Waals surface area contributed by atoms with Gasteiger partial charge in [0.2, 0.25) is 0 Å². The van der Waals surface area contributed by atoms with Crippen LogP contribution in [-0.2, 0) is 6.42 Å². The average molecular weight is 223 g/mol. The molecule has 3 nitrogen and oxygen atoms in total. The first kappa shape index (κ1) is 13.0. The van der Waals surface area contributed by atoms with Gasteiger partial charge in [-0.2, -0.15) is 0 Å². The molecule has 0 aliphatic heterocycles. The molecule has 3 heteroatoms. The van der Waals surface area contributed by atoms with E-state index in [1.165, 1.54) is 16.7 Å². The molecule has 0 heterocycles. The van der Waals surface area contributed by atoms with Crippen molar-refractivity contribution in [3.8, 4) is 5.75 Å². The van der Waals surface area contributed by atoms with E-state index < -0.39 is 0 Å². The fourth-order valence-corrected chi connectivity index (χ4v) is 1.62. The molecule has 0 bridgehead atoms. The molecule has 0 aliphatic rings. The second kappa shape index (κ2) is 5.87. The number of aryl methyl sites for hydroxylation is 2. The Hall–Kier alpha value is -1.06. The maximum atomic E-state index is 8.93. The number of methoxy groups -OCH3 is 1. The fourth-order valence-electron chi connectivity index (χ4n) is 1.62. The van der Waals surface area contributed by atoms with Crippen molar-refractivity contribution in [1.29, 1.82) is 0 Å². The summed E-state index contributed by atoms with van der Waals surface area (Å²) in [5.74, 6) is 0.939. The van der Waals surface area contributed by atoms with Crippen LogP contribution in [0.3, 0.4) is 0 Å². The number of nitrogens with zero attached hydrogens (tertiary/aromatic N) is 1. The Bertz CT molecular complexity index is 350. The summed E-state index contributed by atoms with van der Waals surface area (Å²) >= 11 is 0. The lowest BCUT2D eigenvalue weighted by molar-refractivity contribution is 0.134. The summed E-state index contributed by atoms with van der Waals surface area (Å²) in [7, 11) is 3.59. The van der Waals surface area contributed by atoms with E-state index in [9.17, 15) is 0 Å². The molecule has 0 aliphatic carbocycles. The molecule has 0 saturated carbocycles. The van der Waals surface area contributed by atoms with Crippen LogP contribution in [0.4, 0.5) is 0 Å². The van der Waals surface area contributed by atoms with Gasteiger partial charge in [-0.25, -0.2) is 0 Å². The second-order valence-electron chi connectivity index (χ2n) is 4.22. The summed E-state index contributed by atoms with van der Waals surface area (Å²) in [5, 5.41) is 8.93. The summed E-state index contributed by atoms with van der Waals surface area (Å²) in [5.41, 5.74) is 3.73. The highest BCUT2D eigenvalue weighted by Gasteiger charge is 2.06. The van der Waals surface area contributed by atoms with Crippen LogP contribution in [0.5, 0.6) is 5.75 Å². The zero-order valence-electron chi connectivity index (χ0n) is 10.6. The van der Waals surface area contributed by atoms with E-state index >= 15 is 0 Å². The van der Waals surface area contributed by atoms with Crippen molar-refractivity contribution in [1.82, 2.24) is 4.90 Å². The first-order valence-electron chi connectivity index (χ1n) is 5.52. The predicted molar refractivity (Wildman–Crippen MR) is 65.9 cm³/mol. The lowest BCUT2D eigenvalue weighted by atomic mass is 10.0. The van der Waals surface area contributed by atoms with Gasteiger partial charge in [0, 0.05) is 6.54 Å². The number of hydrogen-bond donors (Lipinski definition) is 1. The number of aliphatic hydroxyl groups excluding tert-OH is 1. The third kappa shape index (κ3) is 3.22. The smallest absolute Gasteiger partial charge is 0.122 e. The SMILES string of the molecule is COc1cc(C)c(C)cc1CCN(C)CO. The van der Waals surface area contributed by atoms with Crippen molar-refractivity contribution in [2.75, 3.05) is 27.4 Å². The van der Waals surface area contributed by atoms with Gasteiger partial charge >= 0.3 is 0 Å². The Labute approximate surface area is 97.7 Å². The number of ether oxygens (including phenoxy) is 1. The summed E-state index contributed by atoms with van der Waals surface area (Å²) in [6.45, 7) is 5.11. The highest BCUT2D eigenvalue weighted by atomic mass is 16.5. The minimum atomic E-state index is 0.0904. The van der Waals surface area contributed by atoms with E-state index in [-0.39, 0.29) is 6.73 Å². The Morgan fingerprint density at radius 1 is 1.25 bits per heavy atom. The number of rotatable bonds is 5. The van der Waals surface area contributed by atoms with Gasteiger partial charge in [-0.1, -0.05) is 6.07 Å². The van der Waals surface area contributed by atoms with Gasteiger partial charge < -0.3 is 9.84 Å². The van der Waals surface area contributed by atoms with Crippen molar-refractivity contribution in [3.05, 3.63) is 28.8 Å². The molecule has 1 N–H and O–H groups in total. The molecule has 90 valence electrons. The lowest BCUT2D eigenvalue weighted by Crippen LogP contribution is -2.22. The van der Waals surface area contributed by atoms with Crippen LogP contribution in [0.2, 0.25) is 0 Å². The third-order valence-electron chi connectivity index (χ3n) is 2.90. The van der Waals surface area contributed by atoms with Gasteiger partial charge in [0.15, 0.2) is 0 Å². The van der Waals surface area contributed by atoms with Crippen molar-refractivity contribution >= 4 is 0 Å². The molecule has 0 fully saturated rings. The van der Waals surface area contributed by atoms with E-state index in [4.69, 9.17) is 9.84 Å². The molecule has 0 aromatic heterocycles. The first-order valence-corrected chi connectivity index (χ1v) is 5.52. The van der Waals surface area contributed by atoms with Crippen LogP contribution < -0.4 is 4.74 Å². The van der Waals surface area contributed by atoms with E-state index in [2.05, 4.69) is 26.0 Å². The normalized spacial score (nSPS) is 10.9. The van der Waals surface area contributed by atoms with Crippen LogP contribution in [-0.4, -0.2) is 37.4 Å². The van der Waals surface area contributed by atoms with Crippen molar-refractivity contribution in [2.24, 2.45) is 0 Å². The molecule has 0 radical (unpaired) electrons. The van der Waals surface area contributed by atoms with Crippen LogP contribution in [0.1, 0.15) is 16.7 Å². The fraction of sp³-hybridized carbons (Fsp3) is 0.538. The Balaban J connectivity index is 2.81. The van der Waals surface area contributed by atoms with Gasteiger partial charge in [-0.05, 0) is 50.1 Å². The summed E-state index contributed by atoms with van der Waals surface area (Å²) < 4.78 is 5.37. The summed E-state index contributed by atoms with van der Waals surface area (Å²) in [4.78, 5) is 1.87. The largest absolute Gasteiger partial charge is 0.496 e. The van der Waals surface area contributed by atoms with Gasteiger partial charge in [-0.3, -0.25) is 4.90 Å². The standard InChI is InChI=1S/C13H21NO2/c1-10-7-12(5-6-14(3)9-15)13(16-4)8-11(10)2/h7-8,15H,5-6,9H2,1-4H3. The van der Waals surface area contributed by atoms with E-state index in [1.54, 1.807) is 7.11 Å². The molecule has 0 atom stereocenters. The van der Waals surface area contributed by atoms with Gasteiger partial charge in [0.25, 0.3) is 0 Å². The number of benzene rings is 1. The molecule has 1 aromatic carbocycles. The summed E-state index contributed by atoms with van der Waals surface area (Å²) in [6, 6.07) is 4.24. The highest BCUT2D eigenvalue weighted by Crippen LogP contribution is 2.23. The predicted octanol–water partition coefficient (Wildman–Crippen LogP) is 1.74. The molecular weight excluding hydrogens is 202 g/mol. The molecule has 16 heavy (non-hydrogen) atoms. The van der Waals surface area contributed by atoms with Crippen LogP contribution in [0.25, 0.3) is 0 Å². The van der Waals surface area contributed by atoms with Crippen molar-refractivity contribution in [3.63, 3.8) is 0 Å². The quantitative estimate of drug-likeness (QED) is 0.772. The lowest BCUT2D eigenvalue weighted by Gasteiger charge is -2.15. The van der Waals surface area contributed by atoms with Gasteiger partial charge in [-0.15, -0.1) is 0 Å². The zero-order valence-corrected chi connectivity index (χ0v) is 10.6. The van der Waals surface area contributed by atoms with Crippen LogP contribution in [0, 0.1) is 13.8 Å². The Kier molecular flexibility index (Phi) is 4.77. The first-order chi connectivity index (χ1) is 7.58. The summed E-state index contributed by atoms with van der Waals surface area (Å²) in [6.07, 6.45) is 0.890. The molecular formula is C13H21NO2. The minimum Gasteiger partial charge on any atom is -0.496 e. The van der Waals surface area contributed by atoms with Crippen LogP contribution >= 0.6 is 0 Å². The van der Waals surface area contributed by atoms with Crippen LogP contribution in [0.15, 0.2) is 12.1 Å². The zero-order chi connectivity index (χ0) is 12.1. The Morgan fingerprint density at radius 3 is 2.44 bits per heavy atom. The number of aliphatic hydroxyl groups is 1. The minimum absolute atomic E-state index is 0.0904. The highest BCUT2D eigenvalue weighted by molar-refractivity contribution is 5.41. The third-order valence-corrected chi connectivity index (χ3v) is 2.90. The van der Waals surface area contributed by atoms with E-state index in [0.717, 1.165) is 18.7 Å². The molecule has 0 saturated heterocycles. The van der Waals surface area contributed by atoms with E-state index in [0.29, 0.717) is 0 Å². The second-order valence-corrected chi connectivity index (χ2v) is 4.22. The van der Waals surface area contributed by atoms with E-state index in [1.807, 2.05) is 11.9 Å². The Morgan fingerprint density at radius 2 is 1.88 bits per heavy atom. The average Bonchev–Trinajstić information content (AvgIpc) is 2.29. The van der Waals surface area contributed by atoms with Crippen molar-refractivity contribution in [2.45, 2.75) is 20.3 Å². The van der Waals surface area contributed by atoms with Gasteiger partial charge in [0.05, 0.1) is 13.8 Å². The molecule has 1 rings (SSSR count). The molecule has 1 aromatic rings. The van der Waals surface area contributed by atoms with Gasteiger partial charge in [0.1, 0.15) is 5.75 Å². The topological polar surface area (TPSA) is 32.7 Å². The molecule has 0 spiro atoms. The maximum absolute atomic E-state index is 8.93. The van der Waals surface area contributed by atoms with Crippen molar-refractivity contribution < 1.29 is 9.84 Å².